The number of aromatic nitrogens is 2. The average molecular weight is 789 g/mol. The average Bonchev–Trinajstić information content (AvgIpc) is 4.04. The van der Waals surface area contributed by atoms with Gasteiger partial charge in [-0.2, -0.15) is 8.75 Å². The van der Waals surface area contributed by atoms with E-state index in [0.717, 1.165) is 22.2 Å². The lowest BCUT2D eigenvalue weighted by Crippen LogP contribution is -2.30. The molecule has 0 aliphatic heterocycles. The molecular weight excluding hydrogens is 749 g/mol. The Labute approximate surface area is 346 Å². The summed E-state index contributed by atoms with van der Waals surface area (Å²) in [7, 11) is 0. The Morgan fingerprint density at radius 2 is 0.807 bits per heavy atom. The van der Waals surface area contributed by atoms with Crippen LogP contribution in [0.4, 0.5) is 0 Å². The highest BCUT2D eigenvalue weighted by atomic mass is 32.1. The van der Waals surface area contributed by atoms with E-state index in [9.17, 15) is 0 Å². The first-order valence-electron chi connectivity index (χ1n) is 19.6. The molecule has 0 amide bonds. The van der Waals surface area contributed by atoms with E-state index in [4.69, 9.17) is 8.75 Å². The number of hydrogen-bond acceptors (Lipinski definition) is 5. The van der Waals surface area contributed by atoms with Crippen LogP contribution in [0.25, 0.3) is 42.4 Å². The van der Waals surface area contributed by atoms with Gasteiger partial charge in [-0.15, -0.1) is 22.7 Å². The van der Waals surface area contributed by atoms with Gasteiger partial charge in [0.1, 0.15) is 11.0 Å². The molecule has 3 heterocycles. The Morgan fingerprint density at radius 1 is 0.386 bits per heavy atom. The van der Waals surface area contributed by atoms with E-state index in [1.54, 1.807) is 0 Å². The number of rotatable bonds is 5. The topological polar surface area (TPSA) is 25.8 Å². The van der Waals surface area contributed by atoms with Crippen LogP contribution in [-0.2, 0) is 10.8 Å². The molecule has 6 aromatic carbocycles. The van der Waals surface area contributed by atoms with Crippen LogP contribution < -0.4 is 0 Å². The van der Waals surface area contributed by atoms with Crippen molar-refractivity contribution in [2.45, 2.75) is 52.4 Å². The maximum absolute atomic E-state index is 4.86. The van der Waals surface area contributed by atoms with E-state index in [1.165, 1.54) is 109 Å². The fourth-order valence-corrected chi connectivity index (χ4v) is 12.9. The van der Waals surface area contributed by atoms with Crippen LogP contribution in [0, 0.1) is 41.5 Å². The van der Waals surface area contributed by atoms with Crippen molar-refractivity contribution in [1.29, 1.82) is 0 Å². The fraction of sp³-hybridized carbons (Fsp3) is 0.154. The highest BCUT2D eigenvalue weighted by Gasteiger charge is 2.52. The molecule has 5 heteroatoms. The van der Waals surface area contributed by atoms with E-state index < -0.39 is 10.8 Å². The molecule has 3 aromatic heterocycles. The molecule has 0 saturated heterocycles. The quantitative estimate of drug-likeness (QED) is 0.174. The molecule has 0 radical (unpaired) electrons. The number of fused-ring (bicyclic) bond motifs is 7. The van der Waals surface area contributed by atoms with Crippen LogP contribution in [0.5, 0.6) is 0 Å². The second kappa shape index (κ2) is 12.5. The molecule has 11 rings (SSSR count). The Kier molecular flexibility index (Phi) is 7.63. The predicted molar refractivity (Wildman–Crippen MR) is 242 cm³/mol. The smallest absolute Gasteiger partial charge is 0.113 e. The van der Waals surface area contributed by atoms with Gasteiger partial charge >= 0.3 is 0 Å². The van der Waals surface area contributed by atoms with Gasteiger partial charge < -0.3 is 0 Å². The van der Waals surface area contributed by atoms with Crippen molar-refractivity contribution in [3.8, 4) is 31.3 Å². The zero-order valence-electron chi connectivity index (χ0n) is 32.8. The van der Waals surface area contributed by atoms with Gasteiger partial charge in [-0.3, -0.25) is 0 Å². The van der Waals surface area contributed by atoms with Gasteiger partial charge in [0.25, 0.3) is 0 Å². The molecule has 0 spiro atoms. The lowest BCUT2D eigenvalue weighted by molar-refractivity contribution is 0.759. The minimum Gasteiger partial charge on any atom is -0.173 e. The van der Waals surface area contributed by atoms with Crippen molar-refractivity contribution >= 4 is 45.4 Å². The molecular formula is C52H40N2S3. The van der Waals surface area contributed by atoms with Crippen LogP contribution in [-0.4, -0.2) is 8.75 Å². The number of hydrogen-bond donors (Lipinski definition) is 0. The molecule has 2 nitrogen and oxygen atoms in total. The Balaban J connectivity index is 1.29. The van der Waals surface area contributed by atoms with Crippen LogP contribution in [0.2, 0.25) is 0 Å². The summed E-state index contributed by atoms with van der Waals surface area (Å²) in [6.07, 6.45) is 0. The summed E-state index contributed by atoms with van der Waals surface area (Å²) in [6, 6.07) is 51.9. The molecule has 0 N–H and O–H groups in total. The minimum atomic E-state index is -0.536. The minimum absolute atomic E-state index is 0.472. The van der Waals surface area contributed by atoms with Gasteiger partial charge in [-0.05, 0) is 127 Å². The van der Waals surface area contributed by atoms with Crippen molar-refractivity contribution in [2.24, 2.45) is 0 Å². The van der Waals surface area contributed by atoms with E-state index in [0.29, 0.717) is 0 Å². The first-order chi connectivity index (χ1) is 27.7. The molecule has 2 aliphatic carbocycles. The van der Waals surface area contributed by atoms with Crippen molar-refractivity contribution in [2.75, 3.05) is 0 Å². The van der Waals surface area contributed by atoms with Crippen LogP contribution in [0.15, 0.2) is 133 Å². The third kappa shape index (κ3) is 4.80. The summed E-state index contributed by atoms with van der Waals surface area (Å²) < 4.78 is 9.59. The van der Waals surface area contributed by atoms with Crippen LogP contribution in [0.1, 0.15) is 77.2 Å². The Morgan fingerprint density at radius 3 is 1.28 bits per heavy atom. The van der Waals surface area contributed by atoms with Crippen LogP contribution in [0.3, 0.4) is 0 Å². The summed E-state index contributed by atoms with van der Waals surface area (Å²) in [5, 5.41) is 0. The van der Waals surface area contributed by atoms with E-state index in [1.807, 2.05) is 22.7 Å². The standard InChI is InChI=1S/C52H40N2S3/c1-29-7-16-35(17-8-29)51(36-18-9-30(2)10-19-36)42-27-41-43(26-40(42)49-44(51)25-34(6)55-49)52(37-20-11-31(3)12-21-37,38-22-13-32(4)14-23-38)45-28-46(56-50(41)45)39-24-15-33(5)47-48(39)54-57-53-47/h7-28H,1-6H3. The van der Waals surface area contributed by atoms with Crippen molar-refractivity contribution in [3.63, 3.8) is 0 Å². The van der Waals surface area contributed by atoms with E-state index in [-0.39, 0.29) is 0 Å². The number of nitrogens with zero attached hydrogens (tertiary/aromatic N) is 2. The molecule has 2 aliphatic rings. The summed E-state index contributed by atoms with van der Waals surface area (Å²) >= 11 is 5.15. The second-order valence-corrected chi connectivity index (χ2v) is 19.1. The first kappa shape index (κ1) is 34.8. The van der Waals surface area contributed by atoms with Gasteiger partial charge in [0.05, 0.1) is 22.6 Å². The third-order valence-electron chi connectivity index (χ3n) is 12.7. The summed E-state index contributed by atoms with van der Waals surface area (Å²) in [6.45, 7) is 13.2. The molecule has 276 valence electrons. The number of benzene rings is 6. The van der Waals surface area contributed by atoms with Gasteiger partial charge in [0.15, 0.2) is 0 Å². The molecule has 9 aromatic rings. The second-order valence-electron chi connectivity index (χ2n) is 16.3. The third-order valence-corrected chi connectivity index (χ3v) is 15.5. The predicted octanol–water partition coefficient (Wildman–Crippen LogP) is 14.1. The molecule has 0 saturated carbocycles. The monoisotopic (exact) mass is 788 g/mol. The molecule has 0 bridgehead atoms. The maximum Gasteiger partial charge on any atom is 0.113 e. The number of thiophene rings is 2. The summed E-state index contributed by atoms with van der Waals surface area (Å²) in [5.41, 5.74) is 21.6. The molecule has 57 heavy (non-hydrogen) atoms. The summed E-state index contributed by atoms with van der Waals surface area (Å²) in [5.74, 6) is 0. The Bertz CT molecular complexity index is 2960. The van der Waals surface area contributed by atoms with E-state index in [2.05, 4.69) is 175 Å². The highest BCUT2D eigenvalue weighted by molar-refractivity contribution is 7.19. The zero-order valence-corrected chi connectivity index (χ0v) is 35.3. The molecule has 0 atom stereocenters. The zero-order chi connectivity index (χ0) is 38.8. The van der Waals surface area contributed by atoms with Crippen LogP contribution >= 0.6 is 34.4 Å². The van der Waals surface area contributed by atoms with Gasteiger partial charge in [0.2, 0.25) is 0 Å². The first-order valence-corrected chi connectivity index (χ1v) is 22.0. The van der Waals surface area contributed by atoms with Crippen molar-refractivity contribution in [3.05, 3.63) is 211 Å². The normalized spacial score (nSPS) is 14.4. The number of aryl methyl sites for hydroxylation is 6. The lowest BCUT2D eigenvalue weighted by atomic mass is 9.65. The SMILES string of the molecule is Cc1ccc(C2(c3ccc(C)cc3)c3cc4c(cc3-c3sc(C)cc32)C(c2ccc(C)cc2)(c2ccc(C)cc2)c2cc(-c3ccc(C)c5nsnc35)sc2-4)cc1. The highest BCUT2D eigenvalue weighted by Crippen LogP contribution is 2.65. The Hall–Kier alpha value is -5.46. The van der Waals surface area contributed by atoms with Crippen molar-refractivity contribution < 1.29 is 0 Å². The largest absolute Gasteiger partial charge is 0.173 e. The maximum atomic E-state index is 4.86. The fourth-order valence-electron chi connectivity index (χ4n) is 9.86. The van der Waals surface area contributed by atoms with Gasteiger partial charge in [0, 0.05) is 25.1 Å². The van der Waals surface area contributed by atoms with Crippen molar-refractivity contribution in [1.82, 2.24) is 8.75 Å². The lowest BCUT2D eigenvalue weighted by Gasteiger charge is -2.35. The van der Waals surface area contributed by atoms with Gasteiger partial charge in [-0.1, -0.05) is 131 Å². The molecule has 0 fully saturated rings. The molecule has 0 unspecified atom stereocenters. The van der Waals surface area contributed by atoms with Gasteiger partial charge in [-0.25, -0.2) is 0 Å². The van der Waals surface area contributed by atoms with E-state index >= 15 is 0 Å². The summed E-state index contributed by atoms with van der Waals surface area (Å²) in [4.78, 5) is 5.27.